The number of aromatic carboxylic acids is 1. The maximum atomic E-state index is 13.7. The number of hydrogen-bond donors (Lipinski definition) is 1. The minimum absolute atomic E-state index is 0.0822. The normalized spacial score (nSPS) is 11.6. The average molecular weight is 329 g/mol. The van der Waals surface area contributed by atoms with Crippen molar-refractivity contribution in [2.45, 2.75) is 24.5 Å². The van der Waals surface area contributed by atoms with Crippen LogP contribution in [0.25, 0.3) is 0 Å². The number of aromatic nitrogens is 1. The lowest BCUT2D eigenvalue weighted by atomic mass is 10.1. The molecule has 0 saturated carbocycles. The zero-order chi connectivity index (χ0) is 15.8. The molecule has 21 heavy (non-hydrogen) atoms. The second-order valence-electron chi connectivity index (χ2n) is 4.49. The van der Waals surface area contributed by atoms with E-state index in [-0.39, 0.29) is 16.2 Å². The molecule has 5 nitrogen and oxygen atoms in total. The molecule has 0 aliphatic rings. The van der Waals surface area contributed by atoms with Crippen LogP contribution in [0.3, 0.4) is 0 Å². The fourth-order valence-corrected chi connectivity index (χ4v) is 4.60. The first-order valence-electron chi connectivity index (χ1n) is 5.88. The maximum absolute atomic E-state index is 13.7. The summed E-state index contributed by atoms with van der Waals surface area (Å²) >= 11 is 1.23. The third kappa shape index (κ3) is 3.27. The van der Waals surface area contributed by atoms with Crippen LogP contribution in [0, 0.1) is 19.7 Å². The molecule has 0 aliphatic heterocycles. The molecule has 1 heterocycles. The monoisotopic (exact) mass is 329 g/mol. The van der Waals surface area contributed by atoms with Crippen LogP contribution < -0.4 is 0 Å². The molecule has 112 valence electrons. The number of sulfone groups is 1. The zero-order valence-corrected chi connectivity index (χ0v) is 12.9. The summed E-state index contributed by atoms with van der Waals surface area (Å²) in [6, 6.07) is 1.80. The largest absolute Gasteiger partial charge is 0.478 e. The van der Waals surface area contributed by atoms with Crippen LogP contribution in [0.5, 0.6) is 0 Å². The van der Waals surface area contributed by atoms with Gasteiger partial charge in [0, 0.05) is 16.6 Å². The van der Waals surface area contributed by atoms with Gasteiger partial charge >= 0.3 is 5.97 Å². The number of carboxylic acids is 1. The van der Waals surface area contributed by atoms with Crippen LogP contribution >= 0.6 is 11.3 Å². The van der Waals surface area contributed by atoms with Crippen LogP contribution in [0.2, 0.25) is 0 Å². The van der Waals surface area contributed by atoms with Crippen molar-refractivity contribution in [3.63, 3.8) is 0 Å². The van der Waals surface area contributed by atoms with E-state index < -0.39 is 27.2 Å². The van der Waals surface area contributed by atoms with Crippen molar-refractivity contribution in [1.29, 1.82) is 0 Å². The molecule has 0 radical (unpaired) electrons. The molecule has 0 unspecified atom stereocenters. The Kier molecular flexibility index (Phi) is 4.11. The number of thiazole rings is 1. The van der Waals surface area contributed by atoms with Gasteiger partial charge in [0.1, 0.15) is 5.82 Å². The van der Waals surface area contributed by atoms with E-state index in [0.717, 1.165) is 17.1 Å². The van der Waals surface area contributed by atoms with E-state index >= 15 is 0 Å². The lowest BCUT2D eigenvalue weighted by Crippen LogP contribution is -2.10. The summed E-state index contributed by atoms with van der Waals surface area (Å²) in [5.74, 6) is -2.56. The number of nitrogens with zero attached hydrogens (tertiary/aromatic N) is 1. The first kappa shape index (κ1) is 15.6. The van der Waals surface area contributed by atoms with Crippen LogP contribution in [0.15, 0.2) is 23.2 Å². The predicted octanol–water partition coefficient (Wildman–Crippen LogP) is 2.57. The van der Waals surface area contributed by atoms with Gasteiger partial charge in [0.05, 0.1) is 21.2 Å². The van der Waals surface area contributed by atoms with Gasteiger partial charge in [0.2, 0.25) is 0 Å². The van der Waals surface area contributed by atoms with Crippen molar-refractivity contribution in [2.24, 2.45) is 0 Å². The quantitative estimate of drug-likeness (QED) is 0.932. The van der Waals surface area contributed by atoms with E-state index in [0.29, 0.717) is 4.88 Å². The first-order chi connectivity index (χ1) is 9.70. The Morgan fingerprint density at radius 1 is 1.38 bits per heavy atom. The lowest BCUT2D eigenvalue weighted by molar-refractivity contribution is 0.0696. The molecule has 1 aromatic carbocycles. The minimum Gasteiger partial charge on any atom is -0.478 e. The van der Waals surface area contributed by atoms with Gasteiger partial charge in [-0.05, 0) is 26.0 Å². The van der Waals surface area contributed by atoms with Crippen LogP contribution in [-0.4, -0.2) is 24.5 Å². The highest BCUT2D eigenvalue weighted by Gasteiger charge is 2.23. The Morgan fingerprint density at radius 3 is 2.57 bits per heavy atom. The molecular formula is C13H12FNO4S2. The van der Waals surface area contributed by atoms with Crippen molar-refractivity contribution in [3.8, 4) is 0 Å². The topological polar surface area (TPSA) is 84.3 Å². The smallest absolute Gasteiger partial charge is 0.335 e. The molecule has 0 fully saturated rings. The minimum atomic E-state index is -3.84. The molecule has 0 amide bonds. The molecule has 1 aromatic heterocycles. The highest BCUT2D eigenvalue weighted by atomic mass is 32.2. The molecule has 0 bridgehead atoms. The highest BCUT2D eigenvalue weighted by molar-refractivity contribution is 7.90. The van der Waals surface area contributed by atoms with Gasteiger partial charge in [-0.2, -0.15) is 0 Å². The van der Waals surface area contributed by atoms with Crippen molar-refractivity contribution in [1.82, 2.24) is 4.98 Å². The third-order valence-electron chi connectivity index (χ3n) is 2.88. The standard InChI is InChI=1S/C13H12FNO4S2/c1-7-11(14)3-9(13(16)17)4-12(7)21(18,19)6-10-5-15-8(2)20-10/h3-5H,6H2,1-2H3,(H,16,17). The maximum Gasteiger partial charge on any atom is 0.335 e. The molecule has 0 saturated heterocycles. The van der Waals surface area contributed by atoms with Gasteiger partial charge in [-0.1, -0.05) is 0 Å². The molecule has 0 atom stereocenters. The summed E-state index contributed by atoms with van der Waals surface area (Å²) in [4.78, 5) is 15.1. The molecule has 2 aromatic rings. The third-order valence-corrected chi connectivity index (χ3v) is 5.76. The number of halogens is 1. The number of aryl methyl sites for hydroxylation is 1. The van der Waals surface area contributed by atoms with E-state index in [1.165, 1.54) is 24.5 Å². The predicted molar refractivity (Wildman–Crippen MR) is 75.8 cm³/mol. The molecule has 0 aliphatic carbocycles. The second-order valence-corrected chi connectivity index (χ2v) is 7.77. The van der Waals surface area contributed by atoms with E-state index in [1.807, 2.05) is 0 Å². The van der Waals surface area contributed by atoms with Crippen molar-refractivity contribution >= 4 is 27.1 Å². The number of hydrogen-bond acceptors (Lipinski definition) is 5. The summed E-state index contributed by atoms with van der Waals surface area (Å²) in [6.45, 7) is 3.06. The SMILES string of the molecule is Cc1ncc(CS(=O)(=O)c2cc(C(=O)O)cc(F)c2C)s1. The van der Waals surface area contributed by atoms with Gasteiger partial charge in [0.15, 0.2) is 9.84 Å². The zero-order valence-electron chi connectivity index (χ0n) is 11.3. The van der Waals surface area contributed by atoms with E-state index in [2.05, 4.69) is 4.98 Å². The number of carboxylic acid groups (broad SMARTS) is 1. The number of benzene rings is 1. The molecule has 8 heteroatoms. The Balaban J connectivity index is 2.51. The summed E-state index contributed by atoms with van der Waals surface area (Å²) < 4.78 is 38.5. The summed E-state index contributed by atoms with van der Waals surface area (Å²) in [5, 5.41) is 9.64. The van der Waals surface area contributed by atoms with E-state index in [4.69, 9.17) is 5.11 Å². The van der Waals surface area contributed by atoms with Gasteiger partial charge in [-0.3, -0.25) is 0 Å². The molecule has 0 spiro atoms. The number of rotatable bonds is 4. The first-order valence-corrected chi connectivity index (χ1v) is 8.35. The van der Waals surface area contributed by atoms with Gasteiger partial charge in [-0.15, -0.1) is 11.3 Å². The van der Waals surface area contributed by atoms with Crippen LogP contribution in [-0.2, 0) is 15.6 Å². The Hall–Kier alpha value is -1.80. The van der Waals surface area contributed by atoms with Crippen LogP contribution in [0.4, 0.5) is 4.39 Å². The Labute approximate surface area is 125 Å². The Morgan fingerprint density at radius 2 is 2.05 bits per heavy atom. The fourth-order valence-electron chi connectivity index (χ4n) is 1.84. The Bertz CT molecular complexity index is 812. The van der Waals surface area contributed by atoms with Gasteiger partial charge < -0.3 is 5.11 Å². The van der Waals surface area contributed by atoms with Gasteiger partial charge in [-0.25, -0.2) is 22.6 Å². The van der Waals surface area contributed by atoms with Crippen molar-refractivity contribution in [3.05, 3.63) is 45.2 Å². The fraction of sp³-hybridized carbons (Fsp3) is 0.231. The summed E-state index contributed by atoms with van der Waals surface area (Å²) in [7, 11) is -3.84. The number of carbonyl (C=O) groups is 1. The summed E-state index contributed by atoms with van der Waals surface area (Å²) in [5.41, 5.74) is -0.474. The van der Waals surface area contributed by atoms with E-state index in [9.17, 15) is 17.6 Å². The van der Waals surface area contributed by atoms with Gasteiger partial charge in [0.25, 0.3) is 0 Å². The van der Waals surface area contributed by atoms with E-state index in [1.54, 1.807) is 6.92 Å². The summed E-state index contributed by atoms with van der Waals surface area (Å²) in [6.07, 6.45) is 1.45. The van der Waals surface area contributed by atoms with Crippen LogP contribution in [0.1, 0.15) is 25.8 Å². The molecule has 1 N–H and O–H groups in total. The second kappa shape index (κ2) is 5.53. The van der Waals surface area contributed by atoms with Crippen molar-refractivity contribution < 1.29 is 22.7 Å². The van der Waals surface area contributed by atoms with Crippen molar-refractivity contribution in [2.75, 3.05) is 0 Å². The molecule has 2 rings (SSSR count). The lowest BCUT2D eigenvalue weighted by Gasteiger charge is -2.09. The highest BCUT2D eigenvalue weighted by Crippen LogP contribution is 2.25. The average Bonchev–Trinajstić information content (AvgIpc) is 2.76. The molecular weight excluding hydrogens is 317 g/mol.